The number of halogens is 1. The van der Waals surface area contributed by atoms with Gasteiger partial charge >= 0.3 is 0 Å². The molecule has 0 bridgehead atoms. The largest absolute Gasteiger partial charge is 0.392 e. The molecule has 2 rings (SSSR count). The Kier molecular flexibility index (Phi) is 5.08. The van der Waals surface area contributed by atoms with Crippen molar-refractivity contribution in [3.8, 4) is 0 Å². The zero-order valence-electron chi connectivity index (χ0n) is 11.1. The van der Waals surface area contributed by atoms with Gasteiger partial charge in [0, 0.05) is 14.3 Å². The zero-order valence-corrected chi connectivity index (χ0v) is 13.5. The van der Waals surface area contributed by atoms with Gasteiger partial charge in [-0.3, -0.25) is 0 Å². The van der Waals surface area contributed by atoms with E-state index in [-0.39, 0.29) is 6.61 Å². The lowest BCUT2D eigenvalue weighted by Gasteiger charge is -2.08. The number of rotatable bonds is 4. The van der Waals surface area contributed by atoms with E-state index in [4.69, 9.17) is 5.11 Å². The smallest absolute Gasteiger partial charge is 0.0692 e. The first-order valence-corrected chi connectivity index (χ1v) is 7.88. The minimum atomic E-state index is 0.0641. The molecule has 0 spiro atoms. The molecule has 0 amide bonds. The average Bonchev–Trinajstić information content (AvgIpc) is 2.39. The van der Waals surface area contributed by atoms with Crippen LogP contribution in [0.2, 0.25) is 0 Å². The van der Waals surface area contributed by atoms with Crippen molar-refractivity contribution in [3.63, 3.8) is 0 Å². The molecule has 0 fully saturated rings. The van der Waals surface area contributed by atoms with E-state index in [1.165, 1.54) is 15.4 Å². The minimum Gasteiger partial charge on any atom is -0.392 e. The maximum absolute atomic E-state index is 9.14. The van der Waals surface area contributed by atoms with Gasteiger partial charge in [0.05, 0.1) is 6.61 Å². The van der Waals surface area contributed by atoms with Crippen molar-refractivity contribution in [3.05, 3.63) is 58.1 Å². The molecule has 100 valence electrons. The molecule has 0 saturated heterocycles. The molecule has 0 aliphatic heterocycles. The fraction of sp³-hybridized carbons (Fsp3) is 0.250. The average molecular weight is 337 g/mol. The van der Waals surface area contributed by atoms with Crippen LogP contribution in [0.3, 0.4) is 0 Å². The van der Waals surface area contributed by atoms with Gasteiger partial charge in [0.2, 0.25) is 0 Å². The lowest BCUT2D eigenvalue weighted by molar-refractivity contribution is 0.281. The van der Waals surface area contributed by atoms with Crippen LogP contribution < -0.4 is 0 Å². The molecule has 0 atom stereocenters. The second-order valence-corrected chi connectivity index (χ2v) is 6.74. The third kappa shape index (κ3) is 3.85. The predicted molar refractivity (Wildman–Crippen MR) is 84.7 cm³/mol. The number of benzene rings is 2. The van der Waals surface area contributed by atoms with E-state index in [1.807, 2.05) is 18.2 Å². The van der Waals surface area contributed by atoms with E-state index in [1.54, 1.807) is 11.8 Å². The quantitative estimate of drug-likeness (QED) is 0.826. The van der Waals surface area contributed by atoms with Crippen molar-refractivity contribution in [2.75, 3.05) is 0 Å². The Morgan fingerprint density at radius 1 is 1.05 bits per heavy atom. The summed E-state index contributed by atoms with van der Waals surface area (Å²) in [5, 5.41) is 9.14. The van der Waals surface area contributed by atoms with E-state index in [9.17, 15) is 0 Å². The van der Waals surface area contributed by atoms with Gasteiger partial charge in [-0.1, -0.05) is 59.7 Å². The van der Waals surface area contributed by atoms with Crippen LogP contribution in [0.25, 0.3) is 0 Å². The summed E-state index contributed by atoms with van der Waals surface area (Å²) in [6, 6.07) is 14.7. The first kappa shape index (κ1) is 14.6. The lowest BCUT2D eigenvalue weighted by atomic mass is 10.0. The first-order chi connectivity index (χ1) is 9.10. The third-order valence-corrected chi connectivity index (χ3v) is 4.71. The van der Waals surface area contributed by atoms with Gasteiger partial charge in [0.25, 0.3) is 0 Å². The number of aliphatic hydroxyl groups excluding tert-OH is 1. The molecule has 0 unspecified atom stereocenters. The highest BCUT2D eigenvalue weighted by atomic mass is 79.9. The molecular weight excluding hydrogens is 320 g/mol. The normalized spacial score (nSPS) is 11.0. The van der Waals surface area contributed by atoms with Crippen LogP contribution in [0.5, 0.6) is 0 Å². The molecular formula is C16H17BrOS. The van der Waals surface area contributed by atoms with Crippen molar-refractivity contribution < 1.29 is 5.11 Å². The van der Waals surface area contributed by atoms with Gasteiger partial charge in [-0.15, -0.1) is 0 Å². The fourth-order valence-electron chi connectivity index (χ4n) is 1.78. The Morgan fingerprint density at radius 3 is 2.21 bits per heavy atom. The van der Waals surface area contributed by atoms with Crippen molar-refractivity contribution in [2.45, 2.75) is 36.2 Å². The van der Waals surface area contributed by atoms with Crippen molar-refractivity contribution in [2.24, 2.45) is 0 Å². The summed E-state index contributed by atoms with van der Waals surface area (Å²) in [7, 11) is 0. The first-order valence-electron chi connectivity index (χ1n) is 6.27. The fourth-order valence-corrected chi connectivity index (χ4v) is 3.29. The molecule has 3 heteroatoms. The maximum Gasteiger partial charge on any atom is 0.0692 e. The van der Waals surface area contributed by atoms with Crippen molar-refractivity contribution >= 4 is 27.7 Å². The summed E-state index contributed by atoms with van der Waals surface area (Å²) >= 11 is 5.21. The van der Waals surface area contributed by atoms with E-state index in [0.29, 0.717) is 5.92 Å². The van der Waals surface area contributed by atoms with Crippen molar-refractivity contribution in [1.29, 1.82) is 0 Å². The molecule has 0 aromatic heterocycles. The Morgan fingerprint density at radius 2 is 1.68 bits per heavy atom. The van der Waals surface area contributed by atoms with Crippen LogP contribution in [-0.2, 0) is 6.61 Å². The second kappa shape index (κ2) is 6.60. The summed E-state index contributed by atoms with van der Waals surface area (Å²) < 4.78 is 0.957. The van der Waals surface area contributed by atoms with E-state index >= 15 is 0 Å². The highest BCUT2D eigenvalue weighted by molar-refractivity contribution is 9.10. The Hall–Kier alpha value is -0.770. The van der Waals surface area contributed by atoms with Crippen LogP contribution in [0, 0.1) is 0 Å². The zero-order chi connectivity index (χ0) is 13.8. The van der Waals surface area contributed by atoms with Crippen molar-refractivity contribution in [1.82, 2.24) is 0 Å². The van der Waals surface area contributed by atoms with Gasteiger partial charge in [-0.25, -0.2) is 0 Å². The van der Waals surface area contributed by atoms with Gasteiger partial charge in [-0.2, -0.15) is 0 Å². The predicted octanol–water partition coefficient (Wildman–Crippen LogP) is 5.22. The van der Waals surface area contributed by atoms with Crippen LogP contribution in [-0.4, -0.2) is 5.11 Å². The molecule has 0 radical (unpaired) electrons. The van der Waals surface area contributed by atoms with Gasteiger partial charge in [-0.05, 0) is 41.3 Å². The van der Waals surface area contributed by atoms with E-state index < -0.39 is 0 Å². The second-order valence-electron chi connectivity index (χ2n) is 4.74. The Labute approximate surface area is 127 Å². The summed E-state index contributed by atoms with van der Waals surface area (Å²) in [5.74, 6) is 0.567. The number of aliphatic hydroxyl groups is 1. The SMILES string of the molecule is CC(C)c1ccc(Sc2ccc(CO)c(Br)c2)cc1. The highest BCUT2D eigenvalue weighted by Crippen LogP contribution is 2.31. The lowest BCUT2D eigenvalue weighted by Crippen LogP contribution is -1.87. The molecule has 0 aliphatic carbocycles. The topological polar surface area (TPSA) is 20.2 Å². The molecule has 19 heavy (non-hydrogen) atoms. The molecule has 1 N–H and O–H groups in total. The molecule has 2 aromatic carbocycles. The monoisotopic (exact) mass is 336 g/mol. The van der Waals surface area contributed by atoms with Crippen LogP contribution in [0.4, 0.5) is 0 Å². The minimum absolute atomic E-state index is 0.0641. The summed E-state index contributed by atoms with van der Waals surface area (Å²) in [5.41, 5.74) is 2.28. The molecule has 0 aliphatic rings. The van der Waals surface area contributed by atoms with Crippen LogP contribution >= 0.6 is 27.7 Å². The van der Waals surface area contributed by atoms with E-state index in [0.717, 1.165) is 10.0 Å². The van der Waals surface area contributed by atoms with Crippen LogP contribution in [0.15, 0.2) is 56.7 Å². The molecule has 1 nitrogen and oxygen atoms in total. The van der Waals surface area contributed by atoms with Gasteiger partial charge in [0.1, 0.15) is 0 Å². The van der Waals surface area contributed by atoms with Crippen LogP contribution in [0.1, 0.15) is 30.9 Å². The standard InChI is InChI=1S/C16H17BrOS/c1-11(2)12-3-6-14(7-4-12)19-15-8-5-13(10-18)16(17)9-15/h3-9,11,18H,10H2,1-2H3. The summed E-state index contributed by atoms with van der Waals surface area (Å²) in [6.45, 7) is 4.47. The number of hydrogen-bond donors (Lipinski definition) is 1. The third-order valence-electron chi connectivity index (χ3n) is 2.98. The van der Waals surface area contributed by atoms with E-state index in [2.05, 4.69) is 54.0 Å². The molecule has 0 saturated carbocycles. The summed E-state index contributed by atoms with van der Waals surface area (Å²) in [6.07, 6.45) is 0. The molecule has 2 aromatic rings. The van der Waals surface area contributed by atoms with Gasteiger partial charge in [0.15, 0.2) is 0 Å². The molecule has 0 heterocycles. The Balaban J connectivity index is 2.14. The Bertz CT molecular complexity index is 549. The summed E-state index contributed by atoms with van der Waals surface area (Å²) in [4.78, 5) is 2.40. The highest BCUT2D eigenvalue weighted by Gasteiger charge is 2.03. The number of hydrogen-bond acceptors (Lipinski definition) is 2. The maximum atomic E-state index is 9.14. The van der Waals surface area contributed by atoms with Gasteiger partial charge < -0.3 is 5.11 Å².